The molecule has 2 heterocycles. The molecule has 2 aliphatic rings. The number of nitrogens with zero attached hydrogens (tertiary/aromatic N) is 1. The van der Waals surface area contributed by atoms with Crippen molar-refractivity contribution in [2.45, 2.75) is 31.5 Å². The number of carbonyl (C=O) groups excluding carboxylic acids is 1. The summed E-state index contributed by atoms with van der Waals surface area (Å²) >= 11 is 0. The average Bonchev–Trinajstić information content (AvgIpc) is 2.84. The maximum absolute atomic E-state index is 12.3. The summed E-state index contributed by atoms with van der Waals surface area (Å²) in [5.41, 5.74) is 2.54. The van der Waals surface area contributed by atoms with E-state index in [1.165, 1.54) is 11.1 Å². The minimum atomic E-state index is -0.343. The van der Waals surface area contributed by atoms with Crippen molar-refractivity contribution in [1.29, 1.82) is 0 Å². The summed E-state index contributed by atoms with van der Waals surface area (Å²) in [6.45, 7) is 1.92. The van der Waals surface area contributed by atoms with Crippen LogP contribution in [0.3, 0.4) is 0 Å². The molecule has 4 nitrogen and oxygen atoms in total. The van der Waals surface area contributed by atoms with Gasteiger partial charge in [0, 0.05) is 19.6 Å². The Kier molecular flexibility index (Phi) is 3.06. The summed E-state index contributed by atoms with van der Waals surface area (Å²) in [5.74, 6) is 0.126. The number of nitrogens with one attached hydrogen (secondary N) is 1. The number of likely N-dealkylation sites (tertiary alicyclic amines) is 1. The largest absolute Gasteiger partial charge is 0.391 e. The molecule has 1 amide bonds. The van der Waals surface area contributed by atoms with Gasteiger partial charge in [0.1, 0.15) is 0 Å². The van der Waals surface area contributed by atoms with E-state index >= 15 is 0 Å². The summed E-state index contributed by atoms with van der Waals surface area (Å²) < 4.78 is 0. The summed E-state index contributed by atoms with van der Waals surface area (Å²) in [6.07, 6.45) is 1.11. The number of amides is 1. The number of carbonyl (C=O) groups is 1. The van der Waals surface area contributed by atoms with Gasteiger partial charge in [-0.25, -0.2) is 0 Å². The third-order valence-electron chi connectivity index (χ3n) is 3.85. The first-order chi connectivity index (χ1) is 8.74. The maximum atomic E-state index is 12.3. The Bertz CT molecular complexity index is 461. The Labute approximate surface area is 107 Å². The molecule has 2 N–H and O–H groups in total. The van der Waals surface area contributed by atoms with Crippen molar-refractivity contribution >= 4 is 5.91 Å². The third kappa shape index (κ3) is 2.13. The Morgan fingerprint density at radius 3 is 2.83 bits per heavy atom. The van der Waals surface area contributed by atoms with Crippen LogP contribution >= 0.6 is 0 Å². The van der Waals surface area contributed by atoms with Gasteiger partial charge >= 0.3 is 0 Å². The Morgan fingerprint density at radius 2 is 2.11 bits per heavy atom. The standard InChI is InChI=1S/C14H18N2O2/c17-12-5-6-16(9-12)14(18)13-7-10-3-1-2-4-11(10)8-15-13/h1-4,12-13,15,17H,5-9H2/t12-,13+/m1/s1. The number of hydrogen-bond acceptors (Lipinski definition) is 3. The first-order valence-electron chi connectivity index (χ1n) is 6.51. The topological polar surface area (TPSA) is 52.6 Å². The van der Waals surface area contributed by atoms with Crippen molar-refractivity contribution in [2.24, 2.45) is 0 Å². The molecule has 4 heteroatoms. The fourth-order valence-corrected chi connectivity index (χ4v) is 2.79. The van der Waals surface area contributed by atoms with E-state index in [0.29, 0.717) is 19.5 Å². The molecule has 0 bridgehead atoms. The zero-order valence-electron chi connectivity index (χ0n) is 10.3. The van der Waals surface area contributed by atoms with Crippen LogP contribution in [0.15, 0.2) is 24.3 Å². The smallest absolute Gasteiger partial charge is 0.240 e. The summed E-state index contributed by atoms with van der Waals surface area (Å²) in [4.78, 5) is 14.1. The van der Waals surface area contributed by atoms with Crippen LogP contribution in [0.1, 0.15) is 17.5 Å². The average molecular weight is 246 g/mol. The molecule has 1 aromatic rings. The quantitative estimate of drug-likeness (QED) is 0.749. The molecular weight excluding hydrogens is 228 g/mol. The number of rotatable bonds is 1. The molecule has 1 saturated heterocycles. The number of benzene rings is 1. The Hall–Kier alpha value is -1.39. The van der Waals surface area contributed by atoms with Crippen LogP contribution in [0, 0.1) is 0 Å². The molecule has 0 unspecified atom stereocenters. The van der Waals surface area contributed by atoms with Gasteiger partial charge in [-0.05, 0) is 24.0 Å². The lowest BCUT2D eigenvalue weighted by Crippen LogP contribution is -2.48. The first kappa shape index (κ1) is 11.7. The Balaban J connectivity index is 1.70. The highest BCUT2D eigenvalue weighted by Crippen LogP contribution is 2.19. The van der Waals surface area contributed by atoms with Crippen LogP contribution in [-0.4, -0.2) is 41.1 Å². The normalized spacial score (nSPS) is 27.1. The van der Waals surface area contributed by atoms with E-state index in [1.807, 2.05) is 12.1 Å². The van der Waals surface area contributed by atoms with Crippen molar-refractivity contribution in [3.63, 3.8) is 0 Å². The minimum absolute atomic E-state index is 0.126. The molecule has 3 rings (SSSR count). The lowest BCUT2D eigenvalue weighted by atomic mass is 9.95. The monoisotopic (exact) mass is 246 g/mol. The molecule has 18 heavy (non-hydrogen) atoms. The van der Waals surface area contributed by atoms with Crippen molar-refractivity contribution < 1.29 is 9.90 Å². The highest BCUT2D eigenvalue weighted by atomic mass is 16.3. The van der Waals surface area contributed by atoms with Crippen LogP contribution < -0.4 is 5.32 Å². The number of aliphatic hydroxyl groups excluding tert-OH is 1. The zero-order chi connectivity index (χ0) is 12.5. The molecular formula is C14H18N2O2. The van der Waals surface area contributed by atoms with Crippen LogP contribution in [-0.2, 0) is 17.8 Å². The highest BCUT2D eigenvalue weighted by molar-refractivity contribution is 5.83. The summed E-state index contributed by atoms with van der Waals surface area (Å²) in [7, 11) is 0. The lowest BCUT2D eigenvalue weighted by Gasteiger charge is -2.28. The van der Waals surface area contributed by atoms with E-state index in [9.17, 15) is 9.90 Å². The van der Waals surface area contributed by atoms with Crippen LogP contribution in [0.4, 0.5) is 0 Å². The minimum Gasteiger partial charge on any atom is -0.391 e. The molecule has 1 fully saturated rings. The van der Waals surface area contributed by atoms with Gasteiger partial charge in [-0.15, -0.1) is 0 Å². The molecule has 96 valence electrons. The predicted octanol–water partition coefficient (Wildman–Crippen LogP) is 0.294. The van der Waals surface area contributed by atoms with Crippen LogP contribution in [0.5, 0.6) is 0 Å². The fraction of sp³-hybridized carbons (Fsp3) is 0.500. The van der Waals surface area contributed by atoms with Crippen molar-refractivity contribution in [3.05, 3.63) is 35.4 Å². The molecule has 2 aliphatic heterocycles. The molecule has 0 aliphatic carbocycles. The van der Waals surface area contributed by atoms with Crippen molar-refractivity contribution in [1.82, 2.24) is 10.2 Å². The Morgan fingerprint density at radius 1 is 1.33 bits per heavy atom. The highest BCUT2D eigenvalue weighted by Gasteiger charge is 2.31. The second-order valence-corrected chi connectivity index (χ2v) is 5.13. The second kappa shape index (κ2) is 4.71. The van der Waals surface area contributed by atoms with E-state index in [4.69, 9.17) is 0 Å². The van der Waals surface area contributed by atoms with Gasteiger partial charge in [-0.3, -0.25) is 4.79 Å². The second-order valence-electron chi connectivity index (χ2n) is 5.13. The molecule has 0 spiro atoms. The first-order valence-corrected chi connectivity index (χ1v) is 6.51. The summed E-state index contributed by atoms with van der Waals surface area (Å²) in [5, 5.41) is 12.8. The molecule has 0 radical (unpaired) electrons. The van der Waals surface area contributed by atoms with E-state index in [2.05, 4.69) is 17.4 Å². The van der Waals surface area contributed by atoms with Crippen molar-refractivity contribution in [2.75, 3.05) is 13.1 Å². The van der Waals surface area contributed by atoms with Gasteiger partial charge in [0.2, 0.25) is 5.91 Å². The predicted molar refractivity (Wildman–Crippen MR) is 68.0 cm³/mol. The number of aliphatic hydroxyl groups is 1. The van der Waals surface area contributed by atoms with Gasteiger partial charge in [0.25, 0.3) is 0 Å². The van der Waals surface area contributed by atoms with Gasteiger partial charge in [0.05, 0.1) is 12.1 Å². The molecule has 1 aromatic carbocycles. The van der Waals surface area contributed by atoms with Crippen LogP contribution in [0.25, 0.3) is 0 Å². The van der Waals surface area contributed by atoms with Gasteiger partial charge in [0.15, 0.2) is 0 Å². The fourth-order valence-electron chi connectivity index (χ4n) is 2.79. The van der Waals surface area contributed by atoms with E-state index in [0.717, 1.165) is 13.0 Å². The number of fused-ring (bicyclic) bond motifs is 1. The summed E-state index contributed by atoms with van der Waals surface area (Å²) in [6, 6.07) is 8.10. The third-order valence-corrected chi connectivity index (χ3v) is 3.85. The van der Waals surface area contributed by atoms with E-state index in [-0.39, 0.29) is 18.1 Å². The molecule has 0 aromatic heterocycles. The van der Waals surface area contributed by atoms with Crippen LogP contribution in [0.2, 0.25) is 0 Å². The SMILES string of the molecule is O=C([C@@H]1Cc2ccccc2CN1)N1CC[C@@H](O)C1. The number of hydrogen-bond donors (Lipinski definition) is 2. The number of β-amino-alcohol motifs (C(OH)–C–C–N with tert-alkyl or cyclic N) is 1. The van der Waals surface area contributed by atoms with Gasteiger partial charge in [-0.1, -0.05) is 24.3 Å². The van der Waals surface area contributed by atoms with E-state index in [1.54, 1.807) is 4.90 Å². The zero-order valence-corrected chi connectivity index (χ0v) is 10.3. The molecule has 2 atom stereocenters. The van der Waals surface area contributed by atoms with Gasteiger partial charge < -0.3 is 15.3 Å². The molecule has 0 saturated carbocycles. The van der Waals surface area contributed by atoms with Crippen molar-refractivity contribution in [3.8, 4) is 0 Å². The van der Waals surface area contributed by atoms with Gasteiger partial charge in [-0.2, -0.15) is 0 Å². The lowest BCUT2D eigenvalue weighted by molar-refractivity contribution is -0.132. The maximum Gasteiger partial charge on any atom is 0.240 e. The van der Waals surface area contributed by atoms with E-state index < -0.39 is 0 Å².